The van der Waals surface area contributed by atoms with Crippen LogP contribution in [0.2, 0.25) is 0 Å². The fourth-order valence-corrected chi connectivity index (χ4v) is 7.45. The summed E-state index contributed by atoms with van der Waals surface area (Å²) < 4.78 is 9.15. The summed E-state index contributed by atoms with van der Waals surface area (Å²) in [6, 6.07) is 46.1. The van der Waals surface area contributed by atoms with Gasteiger partial charge < -0.3 is 13.8 Å². The van der Waals surface area contributed by atoms with Crippen LogP contribution in [0.4, 0.5) is 17.1 Å². The molecule has 0 saturated heterocycles. The van der Waals surface area contributed by atoms with Gasteiger partial charge in [0.25, 0.3) is 0 Å². The molecule has 0 atom stereocenters. The maximum atomic E-state index is 6.57. The van der Waals surface area contributed by atoms with Crippen LogP contribution in [0.1, 0.15) is 0 Å². The van der Waals surface area contributed by atoms with E-state index in [4.69, 9.17) is 4.42 Å². The molecule has 0 saturated carbocycles. The number of furan rings is 1. The Morgan fingerprint density at radius 2 is 1.18 bits per heavy atom. The van der Waals surface area contributed by atoms with Crippen molar-refractivity contribution in [2.45, 2.75) is 0 Å². The second kappa shape index (κ2) is 7.25. The van der Waals surface area contributed by atoms with Crippen molar-refractivity contribution in [3.63, 3.8) is 0 Å². The van der Waals surface area contributed by atoms with Crippen molar-refractivity contribution in [2.24, 2.45) is 0 Å². The minimum atomic E-state index is 0.0748. The summed E-state index contributed by atoms with van der Waals surface area (Å²) in [5, 5.41) is 4.91. The van der Waals surface area contributed by atoms with Crippen LogP contribution in [0.15, 0.2) is 132 Å². The van der Waals surface area contributed by atoms with Gasteiger partial charge in [-0.05, 0) is 46.8 Å². The standard InChI is InChI=1S/C36H21BN2O/c1-4-17-29-22(10-1)25-13-7-14-26-24-12-8-19-31-34(24)37(39(29)35(25)26)28-16-3-5-18-30(28)38(31)32-20-9-15-27-23-11-2-6-21-33(23)40-36(27)32/h1-21H. The highest BCUT2D eigenvalue weighted by atomic mass is 16.3. The molecule has 2 aliphatic rings. The Bertz CT molecular complexity index is 2360. The molecule has 10 rings (SSSR count). The lowest BCUT2D eigenvalue weighted by Crippen LogP contribution is -2.56. The van der Waals surface area contributed by atoms with Crippen LogP contribution in [0.3, 0.4) is 0 Å². The molecule has 0 spiro atoms. The quantitative estimate of drug-likeness (QED) is 0.209. The maximum Gasteiger partial charge on any atom is 0.333 e. The van der Waals surface area contributed by atoms with Crippen LogP contribution in [0.5, 0.6) is 0 Å². The molecular weight excluding hydrogens is 487 g/mol. The molecule has 0 N–H and O–H groups in total. The highest BCUT2D eigenvalue weighted by molar-refractivity contribution is 6.90. The van der Waals surface area contributed by atoms with Gasteiger partial charge in [0.15, 0.2) is 5.58 Å². The molecule has 6 aromatic carbocycles. The number of hydrogen-bond donors (Lipinski definition) is 0. The number of para-hydroxylation sites is 5. The molecule has 184 valence electrons. The Hall–Kier alpha value is -5.22. The van der Waals surface area contributed by atoms with Crippen LogP contribution in [0.25, 0.3) is 54.9 Å². The van der Waals surface area contributed by atoms with Crippen LogP contribution in [-0.4, -0.2) is 11.3 Å². The first-order valence-electron chi connectivity index (χ1n) is 13.8. The first kappa shape index (κ1) is 20.7. The van der Waals surface area contributed by atoms with Crippen molar-refractivity contribution >= 4 is 78.6 Å². The van der Waals surface area contributed by atoms with Gasteiger partial charge in [-0.3, -0.25) is 0 Å². The third-order valence-electron chi connectivity index (χ3n) is 8.97. The molecule has 2 aromatic heterocycles. The van der Waals surface area contributed by atoms with E-state index in [9.17, 15) is 0 Å². The molecule has 0 unspecified atom stereocenters. The fourth-order valence-electron chi connectivity index (χ4n) is 7.45. The second-order valence-corrected chi connectivity index (χ2v) is 10.9. The first-order valence-corrected chi connectivity index (χ1v) is 13.8. The lowest BCUT2D eigenvalue weighted by atomic mass is 9.45. The predicted molar refractivity (Wildman–Crippen MR) is 167 cm³/mol. The summed E-state index contributed by atoms with van der Waals surface area (Å²) in [6.45, 7) is 0.0748. The first-order chi connectivity index (χ1) is 19.9. The minimum Gasteiger partial charge on any atom is -0.454 e. The Morgan fingerprint density at radius 1 is 0.500 bits per heavy atom. The van der Waals surface area contributed by atoms with Gasteiger partial charge in [-0.25, -0.2) is 0 Å². The Balaban J connectivity index is 1.36. The zero-order valence-electron chi connectivity index (χ0n) is 21.5. The molecule has 0 amide bonds. The van der Waals surface area contributed by atoms with Gasteiger partial charge in [0.05, 0.1) is 5.69 Å². The molecule has 0 aliphatic carbocycles. The smallest absolute Gasteiger partial charge is 0.333 e. The van der Waals surface area contributed by atoms with E-state index in [1.165, 1.54) is 55.2 Å². The van der Waals surface area contributed by atoms with E-state index in [0.717, 1.165) is 27.6 Å². The highest BCUT2D eigenvalue weighted by Crippen LogP contribution is 2.46. The van der Waals surface area contributed by atoms with Crippen molar-refractivity contribution in [3.05, 3.63) is 127 Å². The number of anilines is 3. The number of aromatic nitrogens is 1. The normalized spacial score (nSPS) is 13.4. The van der Waals surface area contributed by atoms with E-state index < -0.39 is 0 Å². The molecule has 0 radical (unpaired) electrons. The van der Waals surface area contributed by atoms with Crippen LogP contribution >= 0.6 is 0 Å². The molecule has 40 heavy (non-hydrogen) atoms. The van der Waals surface area contributed by atoms with Crippen molar-refractivity contribution < 1.29 is 4.42 Å². The molecule has 4 heterocycles. The molecule has 3 nitrogen and oxygen atoms in total. The Labute approximate surface area is 230 Å². The van der Waals surface area contributed by atoms with E-state index in [1.807, 2.05) is 6.07 Å². The summed E-state index contributed by atoms with van der Waals surface area (Å²) in [5.41, 5.74) is 13.1. The summed E-state index contributed by atoms with van der Waals surface area (Å²) in [7, 11) is 0. The average Bonchev–Trinajstić information content (AvgIpc) is 3.56. The molecule has 0 fully saturated rings. The predicted octanol–water partition coefficient (Wildman–Crippen LogP) is 8.11. The van der Waals surface area contributed by atoms with E-state index in [-0.39, 0.29) is 6.85 Å². The largest absolute Gasteiger partial charge is 0.454 e. The molecule has 4 heteroatoms. The third-order valence-corrected chi connectivity index (χ3v) is 8.97. The number of nitrogens with zero attached hydrogens (tertiary/aromatic N) is 2. The molecule has 0 bridgehead atoms. The van der Waals surface area contributed by atoms with Crippen molar-refractivity contribution in [1.29, 1.82) is 0 Å². The van der Waals surface area contributed by atoms with Gasteiger partial charge in [-0.1, -0.05) is 97.1 Å². The van der Waals surface area contributed by atoms with Gasteiger partial charge in [0, 0.05) is 49.5 Å². The topological polar surface area (TPSA) is 21.3 Å². The number of benzene rings is 6. The van der Waals surface area contributed by atoms with Gasteiger partial charge in [0.1, 0.15) is 5.58 Å². The number of fused-ring (bicyclic) bond motifs is 10. The van der Waals surface area contributed by atoms with Gasteiger partial charge >= 0.3 is 6.85 Å². The van der Waals surface area contributed by atoms with E-state index >= 15 is 0 Å². The van der Waals surface area contributed by atoms with Crippen molar-refractivity contribution in [3.8, 4) is 11.1 Å². The SMILES string of the molecule is c1ccc2c(c1)B1c3c(cccc3N2c2cccc3c2oc2ccccc23)-c2cccc3c4ccccc4n1c23. The van der Waals surface area contributed by atoms with E-state index in [2.05, 4.69) is 131 Å². The van der Waals surface area contributed by atoms with Crippen molar-refractivity contribution in [2.75, 3.05) is 4.90 Å². The molecule has 2 aliphatic heterocycles. The van der Waals surface area contributed by atoms with Crippen LogP contribution in [-0.2, 0) is 0 Å². The number of rotatable bonds is 1. The average molecular weight is 508 g/mol. The maximum absolute atomic E-state index is 6.57. The lowest BCUT2D eigenvalue weighted by Gasteiger charge is -2.40. The fraction of sp³-hybridized carbons (Fsp3) is 0. The summed E-state index contributed by atoms with van der Waals surface area (Å²) in [6.07, 6.45) is 0. The monoisotopic (exact) mass is 508 g/mol. The van der Waals surface area contributed by atoms with Crippen molar-refractivity contribution in [1.82, 2.24) is 4.48 Å². The van der Waals surface area contributed by atoms with Gasteiger partial charge in [-0.15, -0.1) is 0 Å². The Kier molecular flexibility index (Phi) is 3.75. The van der Waals surface area contributed by atoms with E-state index in [1.54, 1.807) is 0 Å². The summed E-state index contributed by atoms with van der Waals surface area (Å²) >= 11 is 0. The number of hydrogen-bond acceptors (Lipinski definition) is 2. The summed E-state index contributed by atoms with van der Waals surface area (Å²) in [4.78, 5) is 2.42. The van der Waals surface area contributed by atoms with Crippen LogP contribution < -0.4 is 15.8 Å². The molecular formula is C36H21BN2O. The van der Waals surface area contributed by atoms with Gasteiger partial charge in [-0.2, -0.15) is 0 Å². The Morgan fingerprint density at radius 3 is 2.15 bits per heavy atom. The lowest BCUT2D eigenvalue weighted by molar-refractivity contribution is 0.669. The zero-order chi connectivity index (χ0) is 25.9. The summed E-state index contributed by atoms with van der Waals surface area (Å²) in [5.74, 6) is 0. The zero-order valence-corrected chi connectivity index (χ0v) is 21.5. The highest BCUT2D eigenvalue weighted by Gasteiger charge is 2.42. The minimum absolute atomic E-state index is 0.0748. The second-order valence-electron chi connectivity index (χ2n) is 10.9. The van der Waals surface area contributed by atoms with E-state index in [0.29, 0.717) is 0 Å². The van der Waals surface area contributed by atoms with Crippen LogP contribution in [0, 0.1) is 0 Å². The van der Waals surface area contributed by atoms with Gasteiger partial charge in [0.2, 0.25) is 0 Å². The molecule has 8 aromatic rings. The third kappa shape index (κ3) is 2.39.